The molecule has 144 valence electrons. The zero-order chi connectivity index (χ0) is 19.6. The number of alkyl halides is 11. The van der Waals surface area contributed by atoms with Crippen LogP contribution in [0.1, 0.15) is 19.3 Å². The normalized spacial score (nSPS) is 17.8. The molecule has 0 aromatic rings. The molecule has 0 aliphatic heterocycles. The second-order valence-electron chi connectivity index (χ2n) is 4.63. The molecule has 0 heterocycles. The molecule has 13 heteroatoms. The summed E-state index contributed by atoms with van der Waals surface area (Å²) in [7, 11) is 0. The molecular weight excluding hydrogens is 484 g/mol. The third kappa shape index (κ3) is 4.43. The summed E-state index contributed by atoms with van der Waals surface area (Å²) in [6, 6.07) is 0. The standard InChI is InChI=1S/C11H10F11IO/c12-7(10(17,18)19,5-6(23)3-1-2-4-24)8(13,14)9(15,16)11(20,21)22/h5,24H,1-4H2. The van der Waals surface area contributed by atoms with E-state index < -0.39 is 52.5 Å². The van der Waals surface area contributed by atoms with Gasteiger partial charge < -0.3 is 5.11 Å². The monoisotopic (exact) mass is 494 g/mol. The molecule has 0 fully saturated rings. The Kier molecular flexibility index (Phi) is 7.39. The maximum absolute atomic E-state index is 13.9. The molecule has 0 spiro atoms. The van der Waals surface area contributed by atoms with E-state index in [-0.39, 0.29) is 12.8 Å². The van der Waals surface area contributed by atoms with Crippen LogP contribution < -0.4 is 0 Å². The van der Waals surface area contributed by atoms with Crippen LogP contribution in [0.3, 0.4) is 0 Å². The quantitative estimate of drug-likeness (QED) is 0.279. The Morgan fingerprint density at radius 3 is 1.54 bits per heavy atom. The van der Waals surface area contributed by atoms with Crippen LogP contribution in [0.2, 0.25) is 0 Å². The molecule has 0 rings (SSSR count). The molecule has 0 aliphatic carbocycles. The highest BCUT2D eigenvalue weighted by Crippen LogP contribution is 2.58. The summed E-state index contributed by atoms with van der Waals surface area (Å²) >= 11 is 0.916. The van der Waals surface area contributed by atoms with Gasteiger partial charge in [0.05, 0.1) is 0 Å². The Hall–Kier alpha value is -0.340. The van der Waals surface area contributed by atoms with Crippen molar-refractivity contribution in [2.45, 2.75) is 49.1 Å². The summed E-state index contributed by atoms with van der Waals surface area (Å²) in [5.41, 5.74) is -6.24. The Morgan fingerprint density at radius 2 is 1.21 bits per heavy atom. The Bertz CT molecular complexity index is 454. The molecule has 1 atom stereocenters. The van der Waals surface area contributed by atoms with Gasteiger partial charge in [-0.15, -0.1) is 0 Å². The van der Waals surface area contributed by atoms with E-state index in [0.29, 0.717) is 0 Å². The number of allylic oxidation sites excluding steroid dienone is 2. The maximum atomic E-state index is 13.9. The fourth-order valence-electron chi connectivity index (χ4n) is 1.45. The van der Waals surface area contributed by atoms with Crippen LogP contribution in [0.25, 0.3) is 0 Å². The van der Waals surface area contributed by atoms with Gasteiger partial charge in [-0.3, -0.25) is 0 Å². The SMILES string of the molecule is OCCCCC(I)=CC(F)(C(F)(F)F)C(F)(F)C(F)(F)C(F)(F)F. The summed E-state index contributed by atoms with van der Waals surface area (Å²) in [6.07, 6.45) is -15.5. The fraction of sp³-hybridized carbons (Fsp3) is 0.818. The second kappa shape index (κ2) is 7.50. The Labute approximate surface area is 142 Å². The topological polar surface area (TPSA) is 20.2 Å². The first-order valence-corrected chi connectivity index (χ1v) is 7.09. The third-order valence-corrected chi connectivity index (χ3v) is 3.65. The van der Waals surface area contributed by atoms with Gasteiger partial charge >= 0.3 is 24.2 Å². The van der Waals surface area contributed by atoms with Crippen molar-refractivity contribution >= 4 is 22.6 Å². The predicted octanol–water partition coefficient (Wildman–Crippen LogP) is 5.57. The van der Waals surface area contributed by atoms with Crippen LogP contribution in [-0.4, -0.2) is 41.6 Å². The minimum Gasteiger partial charge on any atom is -0.396 e. The highest BCUT2D eigenvalue weighted by Gasteiger charge is 2.85. The van der Waals surface area contributed by atoms with E-state index in [9.17, 15) is 48.3 Å². The number of unbranched alkanes of at least 4 members (excludes halogenated alkanes) is 1. The van der Waals surface area contributed by atoms with Crippen LogP contribution in [0.4, 0.5) is 48.3 Å². The van der Waals surface area contributed by atoms with Gasteiger partial charge in [0.2, 0.25) is 0 Å². The minimum atomic E-state index is -7.26. The van der Waals surface area contributed by atoms with Gasteiger partial charge in [0, 0.05) is 6.61 Å². The van der Waals surface area contributed by atoms with E-state index in [4.69, 9.17) is 5.11 Å². The zero-order valence-corrected chi connectivity index (χ0v) is 13.5. The lowest BCUT2D eigenvalue weighted by Crippen LogP contribution is -2.66. The first-order valence-electron chi connectivity index (χ1n) is 6.01. The molecular formula is C11H10F11IO. The van der Waals surface area contributed by atoms with Crippen LogP contribution in [0, 0.1) is 0 Å². The molecule has 1 nitrogen and oxygen atoms in total. The van der Waals surface area contributed by atoms with Crippen LogP contribution in [-0.2, 0) is 0 Å². The number of hydrogen-bond acceptors (Lipinski definition) is 1. The molecule has 0 radical (unpaired) electrons. The lowest BCUT2D eigenvalue weighted by atomic mass is 9.90. The predicted molar refractivity (Wildman–Crippen MR) is 68.9 cm³/mol. The number of rotatable bonds is 7. The molecule has 0 aromatic heterocycles. The van der Waals surface area contributed by atoms with Gasteiger partial charge in [-0.25, -0.2) is 4.39 Å². The molecule has 0 aliphatic rings. The van der Waals surface area contributed by atoms with Gasteiger partial charge in [-0.1, -0.05) is 0 Å². The molecule has 1 N–H and O–H groups in total. The van der Waals surface area contributed by atoms with E-state index >= 15 is 0 Å². The average Bonchev–Trinajstić information content (AvgIpc) is 2.35. The highest BCUT2D eigenvalue weighted by atomic mass is 127. The van der Waals surface area contributed by atoms with Crippen LogP contribution in [0.15, 0.2) is 9.66 Å². The van der Waals surface area contributed by atoms with Crippen molar-refractivity contribution in [3.63, 3.8) is 0 Å². The first kappa shape index (κ1) is 23.7. The van der Waals surface area contributed by atoms with Gasteiger partial charge in [-0.2, -0.15) is 43.9 Å². The summed E-state index contributed by atoms with van der Waals surface area (Å²) < 4.78 is 139. The molecule has 0 aromatic carbocycles. The van der Waals surface area contributed by atoms with Crippen molar-refractivity contribution in [3.05, 3.63) is 9.66 Å². The maximum Gasteiger partial charge on any atom is 0.460 e. The number of aliphatic hydroxyl groups excluding tert-OH is 1. The average molecular weight is 494 g/mol. The van der Waals surface area contributed by atoms with Gasteiger partial charge in [-0.05, 0) is 51.5 Å². The first-order chi connectivity index (χ1) is 10.5. The minimum absolute atomic E-state index is 0.0270. The lowest BCUT2D eigenvalue weighted by molar-refractivity contribution is -0.402. The lowest BCUT2D eigenvalue weighted by Gasteiger charge is -2.37. The second-order valence-corrected chi connectivity index (χ2v) is 6.01. The molecule has 1 unspecified atom stereocenters. The van der Waals surface area contributed by atoms with Crippen LogP contribution >= 0.6 is 22.6 Å². The number of aliphatic hydroxyl groups is 1. The molecule has 0 saturated carbocycles. The Balaban J connectivity index is 6.07. The molecule has 0 saturated heterocycles. The van der Waals surface area contributed by atoms with Crippen molar-refractivity contribution in [2.24, 2.45) is 0 Å². The van der Waals surface area contributed by atoms with Crippen molar-refractivity contribution < 1.29 is 53.4 Å². The van der Waals surface area contributed by atoms with Crippen molar-refractivity contribution in [1.82, 2.24) is 0 Å². The number of halogens is 12. The summed E-state index contributed by atoms with van der Waals surface area (Å²) in [6.45, 7) is -0.438. The van der Waals surface area contributed by atoms with E-state index in [2.05, 4.69) is 0 Å². The number of hydrogen-bond donors (Lipinski definition) is 1. The third-order valence-electron chi connectivity index (χ3n) is 2.80. The van der Waals surface area contributed by atoms with Gasteiger partial charge in [0.15, 0.2) is 0 Å². The van der Waals surface area contributed by atoms with Crippen molar-refractivity contribution in [3.8, 4) is 0 Å². The summed E-state index contributed by atoms with van der Waals surface area (Å²) in [4.78, 5) is 0. The van der Waals surface area contributed by atoms with E-state index in [1.54, 1.807) is 0 Å². The molecule has 0 bridgehead atoms. The summed E-state index contributed by atoms with van der Waals surface area (Å²) in [5.74, 6) is -14.4. The largest absolute Gasteiger partial charge is 0.460 e. The van der Waals surface area contributed by atoms with Crippen LogP contribution in [0.5, 0.6) is 0 Å². The van der Waals surface area contributed by atoms with E-state index in [0.717, 1.165) is 22.6 Å². The van der Waals surface area contributed by atoms with Gasteiger partial charge in [0.1, 0.15) is 0 Å². The van der Waals surface area contributed by atoms with E-state index in [1.165, 1.54) is 0 Å². The summed E-state index contributed by atoms with van der Waals surface area (Å²) in [5, 5.41) is 8.45. The Morgan fingerprint density at radius 1 is 0.750 bits per heavy atom. The molecule has 24 heavy (non-hydrogen) atoms. The van der Waals surface area contributed by atoms with Gasteiger partial charge in [0.25, 0.3) is 5.67 Å². The van der Waals surface area contributed by atoms with Crippen molar-refractivity contribution in [2.75, 3.05) is 6.61 Å². The molecule has 0 amide bonds. The smallest absolute Gasteiger partial charge is 0.396 e. The van der Waals surface area contributed by atoms with Crippen molar-refractivity contribution in [1.29, 1.82) is 0 Å². The zero-order valence-electron chi connectivity index (χ0n) is 11.4. The fourth-order valence-corrected chi connectivity index (χ4v) is 2.26. The van der Waals surface area contributed by atoms with E-state index in [1.807, 2.05) is 0 Å². The highest BCUT2D eigenvalue weighted by molar-refractivity contribution is 14.1.